The summed E-state index contributed by atoms with van der Waals surface area (Å²) in [6.07, 6.45) is 1.51. The van der Waals surface area contributed by atoms with Crippen LogP contribution in [0.15, 0.2) is 0 Å². The van der Waals surface area contributed by atoms with E-state index in [9.17, 15) is 9.59 Å². The molecule has 0 aliphatic carbocycles. The van der Waals surface area contributed by atoms with Crippen molar-refractivity contribution in [1.82, 2.24) is 5.32 Å². The Kier molecular flexibility index (Phi) is 4.08. The predicted octanol–water partition coefficient (Wildman–Crippen LogP) is 0.533. The molecule has 2 N–H and O–H groups in total. The van der Waals surface area contributed by atoms with Crippen molar-refractivity contribution in [3.63, 3.8) is 0 Å². The number of hydrogen-bond donors (Lipinski definition) is 2. The number of rotatable bonds is 4. The summed E-state index contributed by atoms with van der Waals surface area (Å²) in [6, 6.07) is -0.808. The van der Waals surface area contributed by atoms with E-state index in [0.717, 1.165) is 6.42 Å². The Morgan fingerprint density at radius 3 is 2.60 bits per heavy atom. The van der Waals surface area contributed by atoms with E-state index in [-0.39, 0.29) is 12.0 Å². The van der Waals surface area contributed by atoms with Crippen LogP contribution in [0.2, 0.25) is 0 Å². The first-order valence-electron chi connectivity index (χ1n) is 5.23. The number of nitrogens with one attached hydrogen (secondary N) is 1. The van der Waals surface area contributed by atoms with Crippen LogP contribution in [0.25, 0.3) is 0 Å². The summed E-state index contributed by atoms with van der Waals surface area (Å²) >= 11 is 0. The highest BCUT2D eigenvalue weighted by Crippen LogP contribution is 2.19. The van der Waals surface area contributed by atoms with Gasteiger partial charge in [0.25, 0.3) is 0 Å². The molecule has 5 nitrogen and oxygen atoms in total. The van der Waals surface area contributed by atoms with Gasteiger partial charge >= 0.3 is 5.97 Å². The zero-order chi connectivity index (χ0) is 11.4. The van der Waals surface area contributed by atoms with Crippen molar-refractivity contribution in [2.24, 2.45) is 0 Å². The summed E-state index contributed by atoms with van der Waals surface area (Å²) in [7, 11) is 0. The van der Waals surface area contributed by atoms with Gasteiger partial charge in [0, 0.05) is 0 Å². The third-order valence-corrected chi connectivity index (χ3v) is 2.55. The molecule has 1 saturated heterocycles. The Balaban J connectivity index is 2.44. The van der Waals surface area contributed by atoms with Gasteiger partial charge in [-0.1, -0.05) is 6.92 Å². The Morgan fingerprint density at radius 1 is 1.53 bits per heavy atom. The predicted molar refractivity (Wildman–Crippen MR) is 53.4 cm³/mol. The van der Waals surface area contributed by atoms with Crippen LogP contribution in [0.4, 0.5) is 0 Å². The molecule has 5 heteroatoms. The van der Waals surface area contributed by atoms with Gasteiger partial charge in [-0.2, -0.15) is 0 Å². The Labute approximate surface area is 88.8 Å². The van der Waals surface area contributed by atoms with Gasteiger partial charge in [-0.25, -0.2) is 4.79 Å². The normalized spacial score (nSPS) is 27.3. The lowest BCUT2D eigenvalue weighted by atomic mass is 10.1. The van der Waals surface area contributed by atoms with Gasteiger partial charge in [-0.3, -0.25) is 4.79 Å². The van der Waals surface area contributed by atoms with Crippen LogP contribution >= 0.6 is 0 Å². The second-order valence-electron chi connectivity index (χ2n) is 3.82. The molecule has 2 unspecified atom stereocenters. The largest absolute Gasteiger partial charge is 0.480 e. The number of carboxylic acid groups (broad SMARTS) is 1. The number of ether oxygens (including phenoxy) is 1. The second kappa shape index (κ2) is 5.11. The molecule has 0 spiro atoms. The fourth-order valence-corrected chi connectivity index (χ4v) is 1.60. The minimum absolute atomic E-state index is 0.0886. The maximum Gasteiger partial charge on any atom is 0.326 e. The summed E-state index contributed by atoms with van der Waals surface area (Å²) in [5, 5.41) is 11.2. The molecule has 86 valence electrons. The smallest absolute Gasteiger partial charge is 0.326 e. The van der Waals surface area contributed by atoms with Gasteiger partial charge in [-0.15, -0.1) is 0 Å². The topological polar surface area (TPSA) is 75.6 Å². The molecule has 1 rings (SSSR count). The summed E-state index contributed by atoms with van der Waals surface area (Å²) in [4.78, 5) is 22.3. The maximum absolute atomic E-state index is 11.6. The second-order valence-corrected chi connectivity index (χ2v) is 3.82. The Morgan fingerprint density at radius 2 is 2.20 bits per heavy atom. The monoisotopic (exact) mass is 215 g/mol. The summed E-state index contributed by atoms with van der Waals surface area (Å²) in [6.45, 7) is 3.62. The van der Waals surface area contributed by atoms with Crippen LogP contribution in [0.1, 0.15) is 33.1 Å². The number of carbonyl (C=O) groups is 2. The molecule has 1 aliphatic heterocycles. The first-order valence-corrected chi connectivity index (χ1v) is 5.23. The van der Waals surface area contributed by atoms with Crippen LogP contribution in [0.3, 0.4) is 0 Å². The highest BCUT2D eigenvalue weighted by atomic mass is 16.5. The van der Waals surface area contributed by atoms with Crippen LogP contribution in [0, 0.1) is 0 Å². The zero-order valence-electron chi connectivity index (χ0n) is 9.03. The van der Waals surface area contributed by atoms with Crippen LogP contribution in [-0.2, 0) is 14.3 Å². The minimum atomic E-state index is -1.00. The van der Waals surface area contributed by atoms with Crippen molar-refractivity contribution in [3.05, 3.63) is 0 Å². The summed E-state index contributed by atoms with van der Waals surface area (Å²) in [5.41, 5.74) is 0. The molecule has 1 aliphatic rings. The first kappa shape index (κ1) is 12.0. The Bertz CT molecular complexity index is 254. The van der Waals surface area contributed by atoms with Crippen LogP contribution in [-0.4, -0.2) is 35.2 Å². The molecule has 0 aromatic carbocycles. The maximum atomic E-state index is 11.6. The van der Waals surface area contributed by atoms with E-state index < -0.39 is 18.1 Å². The molecule has 0 aromatic heterocycles. The molecule has 3 atom stereocenters. The van der Waals surface area contributed by atoms with E-state index in [1.807, 2.05) is 6.92 Å². The standard InChI is InChI=1S/C10H17NO4/c1-3-7(10(13)14)11-9(12)8-5-4-6(2)15-8/h6-8H,3-5H2,1-2H3,(H,11,12)(H,13,14)/t6?,7-,8?/m1/s1. The number of carboxylic acids is 1. The fourth-order valence-electron chi connectivity index (χ4n) is 1.60. The fraction of sp³-hybridized carbons (Fsp3) is 0.800. The highest BCUT2D eigenvalue weighted by Gasteiger charge is 2.30. The van der Waals surface area contributed by atoms with Crippen molar-refractivity contribution in [3.8, 4) is 0 Å². The van der Waals surface area contributed by atoms with Crippen LogP contribution < -0.4 is 5.32 Å². The minimum Gasteiger partial charge on any atom is -0.480 e. The molecule has 0 bridgehead atoms. The van der Waals surface area contributed by atoms with E-state index in [4.69, 9.17) is 9.84 Å². The molecule has 1 amide bonds. The van der Waals surface area contributed by atoms with E-state index in [1.165, 1.54) is 0 Å². The average molecular weight is 215 g/mol. The number of hydrogen-bond acceptors (Lipinski definition) is 3. The van der Waals surface area contributed by atoms with E-state index in [2.05, 4.69) is 5.32 Å². The van der Waals surface area contributed by atoms with E-state index in [1.54, 1.807) is 6.92 Å². The number of aliphatic carboxylic acids is 1. The molecule has 0 aromatic rings. The molecule has 15 heavy (non-hydrogen) atoms. The molecular formula is C10H17NO4. The van der Waals surface area contributed by atoms with Gasteiger partial charge < -0.3 is 15.2 Å². The van der Waals surface area contributed by atoms with Crippen molar-refractivity contribution >= 4 is 11.9 Å². The van der Waals surface area contributed by atoms with Crippen molar-refractivity contribution < 1.29 is 19.4 Å². The molecule has 1 fully saturated rings. The Hall–Kier alpha value is -1.10. The van der Waals surface area contributed by atoms with Crippen molar-refractivity contribution in [2.45, 2.75) is 51.4 Å². The lowest BCUT2D eigenvalue weighted by molar-refractivity contribution is -0.144. The van der Waals surface area contributed by atoms with Gasteiger partial charge in [0.2, 0.25) is 5.91 Å². The molecule has 1 heterocycles. The van der Waals surface area contributed by atoms with E-state index >= 15 is 0 Å². The molecule has 0 saturated carbocycles. The van der Waals surface area contributed by atoms with Gasteiger partial charge in [0.05, 0.1) is 6.10 Å². The third-order valence-electron chi connectivity index (χ3n) is 2.55. The van der Waals surface area contributed by atoms with Gasteiger partial charge in [0.15, 0.2) is 0 Å². The summed E-state index contributed by atoms with van der Waals surface area (Å²) < 4.78 is 5.34. The van der Waals surface area contributed by atoms with Crippen molar-refractivity contribution in [2.75, 3.05) is 0 Å². The van der Waals surface area contributed by atoms with Crippen molar-refractivity contribution in [1.29, 1.82) is 0 Å². The number of carbonyl (C=O) groups excluding carboxylic acids is 1. The summed E-state index contributed by atoms with van der Waals surface area (Å²) in [5.74, 6) is -1.31. The first-order chi connectivity index (χ1) is 7.04. The molecule has 0 radical (unpaired) electrons. The van der Waals surface area contributed by atoms with Crippen LogP contribution in [0.5, 0.6) is 0 Å². The zero-order valence-corrected chi connectivity index (χ0v) is 9.03. The number of amides is 1. The highest BCUT2D eigenvalue weighted by molar-refractivity contribution is 5.86. The van der Waals surface area contributed by atoms with E-state index in [0.29, 0.717) is 12.8 Å². The lowest BCUT2D eigenvalue weighted by Gasteiger charge is -2.16. The molecular weight excluding hydrogens is 198 g/mol. The SMILES string of the molecule is CC[C@@H](NC(=O)C1CCC(C)O1)C(=O)O. The van der Waals surface area contributed by atoms with Gasteiger partial charge in [-0.05, 0) is 26.2 Å². The lowest BCUT2D eigenvalue weighted by Crippen LogP contribution is -2.45. The quantitative estimate of drug-likeness (QED) is 0.717. The third kappa shape index (κ3) is 3.20. The average Bonchev–Trinajstić information content (AvgIpc) is 2.60. The van der Waals surface area contributed by atoms with Gasteiger partial charge in [0.1, 0.15) is 12.1 Å².